The predicted octanol–water partition coefficient (Wildman–Crippen LogP) is 4.76. The molecule has 2 aromatic rings. The van der Waals surface area contributed by atoms with Crippen LogP contribution < -0.4 is 5.32 Å². The Morgan fingerprint density at radius 2 is 1.88 bits per heavy atom. The second kappa shape index (κ2) is 7.05. The third-order valence-electron chi connectivity index (χ3n) is 3.91. The molecule has 0 radical (unpaired) electrons. The van der Waals surface area contributed by atoms with Gasteiger partial charge in [-0.05, 0) is 60.9 Å². The van der Waals surface area contributed by atoms with Crippen LogP contribution in [0.5, 0.6) is 0 Å². The number of nitrogens with one attached hydrogen (secondary N) is 1. The minimum absolute atomic E-state index is 0.0944. The van der Waals surface area contributed by atoms with Crippen molar-refractivity contribution in [3.8, 4) is 0 Å². The average Bonchev–Trinajstić information content (AvgIpc) is 2.90. The molecule has 0 unspecified atom stereocenters. The number of amidine groups is 1. The minimum atomic E-state index is -0.0944. The van der Waals surface area contributed by atoms with E-state index in [0.29, 0.717) is 10.1 Å². The third kappa shape index (κ3) is 3.77. The molecule has 3 nitrogen and oxygen atoms in total. The molecule has 1 N–H and O–H groups in total. The molecule has 0 atom stereocenters. The fraction of sp³-hybridized carbons (Fsp3) is 0.200. The summed E-state index contributed by atoms with van der Waals surface area (Å²) in [5.41, 5.74) is 5.51. The van der Waals surface area contributed by atoms with Gasteiger partial charge < -0.3 is 5.32 Å². The smallest absolute Gasteiger partial charge is 0.264 e. The molecule has 0 spiro atoms. The molecule has 1 aliphatic heterocycles. The summed E-state index contributed by atoms with van der Waals surface area (Å²) in [5.74, 6) is -0.0944. The van der Waals surface area contributed by atoms with Crippen molar-refractivity contribution in [3.05, 3.63) is 69.6 Å². The summed E-state index contributed by atoms with van der Waals surface area (Å²) in [4.78, 5) is 17.4. The quantitative estimate of drug-likeness (QED) is 0.821. The normalized spacial score (nSPS) is 17.5. The summed E-state index contributed by atoms with van der Waals surface area (Å²) in [6, 6.07) is 14.4. The van der Waals surface area contributed by atoms with E-state index in [0.717, 1.165) is 23.2 Å². The second-order valence-corrected chi connectivity index (χ2v) is 6.90. The van der Waals surface area contributed by atoms with Crippen LogP contribution in [0.2, 0.25) is 0 Å². The lowest BCUT2D eigenvalue weighted by Gasteiger charge is -2.02. The van der Waals surface area contributed by atoms with E-state index >= 15 is 0 Å². The molecule has 0 aromatic heterocycles. The molecule has 2 aromatic carbocycles. The number of aryl methyl sites for hydroxylation is 3. The van der Waals surface area contributed by atoms with Crippen LogP contribution in [0.4, 0.5) is 5.69 Å². The van der Waals surface area contributed by atoms with Gasteiger partial charge in [-0.1, -0.05) is 48.9 Å². The van der Waals surface area contributed by atoms with Gasteiger partial charge in [0.15, 0.2) is 5.17 Å². The van der Waals surface area contributed by atoms with E-state index in [4.69, 9.17) is 0 Å². The Labute approximate surface area is 146 Å². The first-order chi connectivity index (χ1) is 11.5. The van der Waals surface area contributed by atoms with Crippen molar-refractivity contribution in [2.75, 3.05) is 0 Å². The van der Waals surface area contributed by atoms with Crippen LogP contribution in [0.15, 0.2) is 52.4 Å². The van der Waals surface area contributed by atoms with Crippen LogP contribution >= 0.6 is 11.8 Å². The molecule has 3 rings (SSSR count). The molecular weight excluding hydrogens is 316 g/mol. The molecule has 1 heterocycles. The van der Waals surface area contributed by atoms with E-state index in [9.17, 15) is 4.79 Å². The van der Waals surface area contributed by atoms with Gasteiger partial charge in [0.1, 0.15) is 0 Å². The fourth-order valence-electron chi connectivity index (χ4n) is 2.52. The van der Waals surface area contributed by atoms with Gasteiger partial charge in [0.2, 0.25) is 0 Å². The predicted molar refractivity (Wildman–Crippen MR) is 103 cm³/mol. The zero-order valence-electron chi connectivity index (χ0n) is 14.1. The van der Waals surface area contributed by atoms with Gasteiger partial charge >= 0.3 is 0 Å². The zero-order valence-corrected chi connectivity index (χ0v) is 14.9. The van der Waals surface area contributed by atoms with Crippen molar-refractivity contribution >= 4 is 34.6 Å². The molecule has 0 bridgehead atoms. The summed E-state index contributed by atoms with van der Waals surface area (Å²) in [6.07, 6.45) is 2.92. The van der Waals surface area contributed by atoms with E-state index in [1.54, 1.807) is 0 Å². The zero-order chi connectivity index (χ0) is 17.1. The van der Waals surface area contributed by atoms with Crippen molar-refractivity contribution in [2.24, 2.45) is 4.99 Å². The van der Waals surface area contributed by atoms with Crippen LogP contribution in [-0.4, -0.2) is 11.1 Å². The number of carbonyl (C=O) groups is 1. The highest BCUT2D eigenvalue weighted by Crippen LogP contribution is 2.29. The molecular formula is C20H20N2OS. The maximum atomic E-state index is 12.2. The van der Waals surface area contributed by atoms with Crippen LogP contribution in [0.25, 0.3) is 6.08 Å². The van der Waals surface area contributed by atoms with Crippen molar-refractivity contribution in [1.29, 1.82) is 0 Å². The maximum Gasteiger partial charge on any atom is 0.264 e. The molecule has 24 heavy (non-hydrogen) atoms. The lowest BCUT2D eigenvalue weighted by atomic mass is 10.1. The number of hydrogen-bond donors (Lipinski definition) is 1. The van der Waals surface area contributed by atoms with E-state index < -0.39 is 0 Å². The Bertz CT molecular complexity index is 835. The number of nitrogens with zero attached hydrogens (tertiary/aromatic N) is 1. The highest BCUT2D eigenvalue weighted by atomic mass is 32.2. The molecule has 122 valence electrons. The number of aliphatic imine (C=N–C) groups is 1. The maximum absolute atomic E-state index is 12.2. The topological polar surface area (TPSA) is 41.5 Å². The van der Waals surface area contributed by atoms with Gasteiger partial charge in [0, 0.05) is 0 Å². The fourth-order valence-corrected chi connectivity index (χ4v) is 3.36. The third-order valence-corrected chi connectivity index (χ3v) is 4.82. The average molecular weight is 336 g/mol. The van der Waals surface area contributed by atoms with Gasteiger partial charge in [-0.2, -0.15) is 0 Å². The highest BCUT2D eigenvalue weighted by Gasteiger charge is 2.23. The van der Waals surface area contributed by atoms with Gasteiger partial charge in [-0.15, -0.1) is 0 Å². The molecule has 1 amide bonds. The van der Waals surface area contributed by atoms with Gasteiger partial charge in [0.05, 0.1) is 10.6 Å². The Hall–Kier alpha value is -2.33. The van der Waals surface area contributed by atoms with Gasteiger partial charge in [0.25, 0.3) is 5.91 Å². The molecule has 0 saturated carbocycles. The first-order valence-corrected chi connectivity index (χ1v) is 8.82. The molecule has 1 saturated heterocycles. The lowest BCUT2D eigenvalue weighted by Crippen LogP contribution is -2.19. The number of rotatable bonds is 3. The lowest BCUT2D eigenvalue weighted by molar-refractivity contribution is -0.115. The number of amides is 1. The van der Waals surface area contributed by atoms with Crippen molar-refractivity contribution < 1.29 is 4.79 Å². The number of benzene rings is 2. The van der Waals surface area contributed by atoms with Crippen LogP contribution in [0.1, 0.15) is 29.2 Å². The largest absolute Gasteiger partial charge is 0.300 e. The van der Waals surface area contributed by atoms with Gasteiger partial charge in [-0.25, -0.2) is 4.99 Å². The number of carbonyl (C=O) groups excluding carboxylic acids is 1. The Morgan fingerprint density at radius 3 is 2.54 bits per heavy atom. The number of hydrogen-bond acceptors (Lipinski definition) is 3. The highest BCUT2D eigenvalue weighted by molar-refractivity contribution is 8.18. The SMILES string of the molecule is CCc1ccc(C=C2SC(=Nc3ccc(C)cc3C)NC2=O)cc1. The van der Waals surface area contributed by atoms with Crippen LogP contribution in [0, 0.1) is 13.8 Å². The second-order valence-electron chi connectivity index (χ2n) is 5.87. The summed E-state index contributed by atoms with van der Waals surface area (Å²) in [7, 11) is 0. The first-order valence-electron chi connectivity index (χ1n) is 8.01. The molecule has 0 aliphatic carbocycles. The standard InChI is InChI=1S/C20H20N2OS/c1-4-15-6-8-16(9-7-15)12-18-19(23)22-20(24-18)21-17-10-5-13(2)11-14(17)3/h5-12H,4H2,1-3H3,(H,21,22,23). The van der Waals surface area contributed by atoms with E-state index in [1.165, 1.54) is 22.9 Å². The van der Waals surface area contributed by atoms with E-state index in [2.05, 4.69) is 42.4 Å². The molecule has 1 aliphatic rings. The summed E-state index contributed by atoms with van der Waals surface area (Å²) in [5, 5.41) is 3.47. The van der Waals surface area contributed by atoms with Crippen molar-refractivity contribution in [1.82, 2.24) is 5.32 Å². The first kappa shape index (κ1) is 16.5. The number of thioether (sulfide) groups is 1. The Balaban J connectivity index is 1.82. The van der Waals surface area contributed by atoms with Crippen molar-refractivity contribution in [2.45, 2.75) is 27.2 Å². The van der Waals surface area contributed by atoms with Crippen LogP contribution in [-0.2, 0) is 11.2 Å². The molecule has 1 fully saturated rings. The van der Waals surface area contributed by atoms with E-state index in [1.807, 2.05) is 37.3 Å². The Morgan fingerprint density at radius 1 is 1.12 bits per heavy atom. The van der Waals surface area contributed by atoms with E-state index in [-0.39, 0.29) is 5.91 Å². The summed E-state index contributed by atoms with van der Waals surface area (Å²) < 4.78 is 0. The van der Waals surface area contributed by atoms with Crippen LogP contribution in [0.3, 0.4) is 0 Å². The Kier molecular flexibility index (Phi) is 4.86. The monoisotopic (exact) mass is 336 g/mol. The summed E-state index contributed by atoms with van der Waals surface area (Å²) in [6.45, 7) is 6.21. The van der Waals surface area contributed by atoms with Gasteiger partial charge in [-0.3, -0.25) is 4.79 Å². The summed E-state index contributed by atoms with van der Waals surface area (Å²) >= 11 is 1.38. The minimum Gasteiger partial charge on any atom is -0.300 e. The van der Waals surface area contributed by atoms with Crippen molar-refractivity contribution in [3.63, 3.8) is 0 Å². The molecule has 4 heteroatoms.